The Kier molecular flexibility index (Phi) is 8.36. The van der Waals surface area contributed by atoms with Crippen LogP contribution in [0.2, 0.25) is 0 Å². The predicted octanol–water partition coefficient (Wildman–Crippen LogP) is 1.63. The molecule has 9 nitrogen and oxygen atoms in total. The van der Waals surface area contributed by atoms with Gasteiger partial charge in [0.15, 0.2) is 18.1 Å². The number of sulfonamides is 1. The van der Waals surface area contributed by atoms with E-state index in [1.54, 1.807) is 18.2 Å². The topological polar surface area (TPSA) is 105 Å². The molecule has 2 aliphatic heterocycles. The lowest BCUT2D eigenvalue weighted by molar-refractivity contribution is -0.134. The molecule has 1 atom stereocenters. The van der Waals surface area contributed by atoms with Gasteiger partial charge in [-0.15, -0.1) is 0 Å². The zero-order chi connectivity index (χ0) is 23.1. The number of hydrogen-bond donors (Lipinski definition) is 1. The second-order valence-electron chi connectivity index (χ2n) is 8.26. The van der Waals surface area contributed by atoms with E-state index in [1.807, 2.05) is 11.8 Å². The number of amides is 2. The second-order valence-corrected chi connectivity index (χ2v) is 10.2. The highest BCUT2D eigenvalue weighted by Gasteiger charge is 2.27. The minimum Gasteiger partial charge on any atom is -0.490 e. The van der Waals surface area contributed by atoms with Gasteiger partial charge in [-0.2, -0.15) is 0 Å². The predicted molar refractivity (Wildman–Crippen MR) is 120 cm³/mol. The van der Waals surface area contributed by atoms with E-state index in [1.165, 1.54) is 10.6 Å². The maximum atomic E-state index is 12.8. The van der Waals surface area contributed by atoms with Crippen LogP contribution < -0.4 is 14.8 Å². The van der Waals surface area contributed by atoms with Gasteiger partial charge in [0.2, 0.25) is 10.0 Å². The van der Waals surface area contributed by atoms with Crippen molar-refractivity contribution in [3.05, 3.63) is 23.8 Å². The third-order valence-corrected chi connectivity index (χ3v) is 7.02. The molecule has 32 heavy (non-hydrogen) atoms. The van der Waals surface area contributed by atoms with E-state index in [4.69, 9.17) is 9.47 Å². The number of piperidine rings is 2. The van der Waals surface area contributed by atoms with E-state index in [0.717, 1.165) is 38.8 Å². The minimum absolute atomic E-state index is 0.0540. The Labute approximate surface area is 190 Å². The number of carbonyl (C=O) groups excluding carboxylic acids is 2. The summed E-state index contributed by atoms with van der Waals surface area (Å²) < 4.78 is 36.4. The van der Waals surface area contributed by atoms with Crippen LogP contribution in [-0.2, 0) is 14.8 Å². The first-order chi connectivity index (χ1) is 15.3. The van der Waals surface area contributed by atoms with E-state index in [9.17, 15) is 18.0 Å². The standard InChI is InChI=1S/C22H33N3O6S/c1-3-30-20-14-17(22(27)23-18-8-7-13-25(15-18)32(2,28)29)9-10-19(20)31-16-21(26)24-11-5-4-6-12-24/h9-10,14,18H,3-8,11-13,15-16H2,1-2H3,(H,23,27). The Morgan fingerprint density at radius 2 is 1.81 bits per heavy atom. The molecule has 0 aliphatic carbocycles. The first kappa shape index (κ1) is 24.3. The Morgan fingerprint density at radius 3 is 2.50 bits per heavy atom. The fourth-order valence-electron chi connectivity index (χ4n) is 4.04. The van der Waals surface area contributed by atoms with Gasteiger partial charge in [0.05, 0.1) is 12.9 Å². The van der Waals surface area contributed by atoms with Crippen molar-refractivity contribution in [3.63, 3.8) is 0 Å². The molecule has 0 aromatic heterocycles. The molecule has 0 bridgehead atoms. The SMILES string of the molecule is CCOc1cc(C(=O)NC2CCCN(S(C)(=O)=O)C2)ccc1OCC(=O)N1CCCCC1. The van der Waals surface area contributed by atoms with Crippen molar-refractivity contribution < 1.29 is 27.5 Å². The molecular weight excluding hydrogens is 434 g/mol. The lowest BCUT2D eigenvalue weighted by Gasteiger charge is -2.31. The molecule has 2 fully saturated rings. The number of benzene rings is 1. The normalized spacial score (nSPS) is 19.9. The fourth-order valence-corrected chi connectivity index (χ4v) is 4.95. The van der Waals surface area contributed by atoms with E-state index < -0.39 is 10.0 Å². The summed E-state index contributed by atoms with van der Waals surface area (Å²) in [6.45, 7) is 4.40. The third kappa shape index (κ3) is 6.59. The number of hydrogen-bond acceptors (Lipinski definition) is 6. The quantitative estimate of drug-likeness (QED) is 0.623. The number of carbonyl (C=O) groups is 2. The van der Waals surface area contributed by atoms with Crippen LogP contribution in [0.5, 0.6) is 11.5 Å². The number of ether oxygens (including phenoxy) is 2. The summed E-state index contributed by atoms with van der Waals surface area (Å²) in [6, 6.07) is 4.60. The van der Waals surface area contributed by atoms with E-state index in [-0.39, 0.29) is 31.0 Å². The van der Waals surface area contributed by atoms with Crippen LogP contribution >= 0.6 is 0 Å². The van der Waals surface area contributed by atoms with Crippen molar-refractivity contribution in [1.82, 2.24) is 14.5 Å². The smallest absolute Gasteiger partial charge is 0.260 e. The zero-order valence-electron chi connectivity index (χ0n) is 18.8. The number of likely N-dealkylation sites (tertiary alicyclic amines) is 1. The monoisotopic (exact) mass is 467 g/mol. The molecule has 2 saturated heterocycles. The minimum atomic E-state index is -3.29. The van der Waals surface area contributed by atoms with Crippen LogP contribution in [0.4, 0.5) is 0 Å². The average Bonchev–Trinajstić information content (AvgIpc) is 2.78. The molecule has 1 unspecified atom stereocenters. The molecule has 0 spiro atoms. The van der Waals surface area contributed by atoms with Crippen molar-refractivity contribution in [3.8, 4) is 11.5 Å². The van der Waals surface area contributed by atoms with Crippen LogP contribution in [0.1, 0.15) is 49.4 Å². The van der Waals surface area contributed by atoms with Crippen LogP contribution in [0, 0.1) is 0 Å². The number of nitrogens with one attached hydrogen (secondary N) is 1. The molecule has 0 saturated carbocycles. The zero-order valence-corrected chi connectivity index (χ0v) is 19.7. The lowest BCUT2D eigenvalue weighted by Crippen LogP contribution is -2.49. The Morgan fingerprint density at radius 1 is 1.06 bits per heavy atom. The van der Waals surface area contributed by atoms with Crippen molar-refractivity contribution in [1.29, 1.82) is 0 Å². The fraction of sp³-hybridized carbons (Fsp3) is 0.636. The molecule has 1 N–H and O–H groups in total. The molecule has 2 heterocycles. The van der Waals surface area contributed by atoms with Gasteiger partial charge in [-0.1, -0.05) is 0 Å². The van der Waals surface area contributed by atoms with E-state index in [0.29, 0.717) is 36.6 Å². The molecule has 2 amide bonds. The van der Waals surface area contributed by atoms with Crippen LogP contribution in [-0.4, -0.2) is 81.1 Å². The number of rotatable bonds is 8. The van der Waals surface area contributed by atoms with Crippen LogP contribution in [0.15, 0.2) is 18.2 Å². The Bertz CT molecular complexity index is 914. The van der Waals surface area contributed by atoms with Crippen molar-refractivity contribution in [2.24, 2.45) is 0 Å². The van der Waals surface area contributed by atoms with Gasteiger partial charge in [-0.3, -0.25) is 9.59 Å². The highest BCUT2D eigenvalue weighted by Crippen LogP contribution is 2.29. The first-order valence-corrected chi connectivity index (χ1v) is 13.1. The van der Waals surface area contributed by atoms with Crippen molar-refractivity contribution in [2.75, 3.05) is 45.6 Å². The summed E-state index contributed by atoms with van der Waals surface area (Å²) in [4.78, 5) is 27.0. The summed E-state index contributed by atoms with van der Waals surface area (Å²) in [5, 5.41) is 2.92. The van der Waals surface area contributed by atoms with Crippen LogP contribution in [0.3, 0.4) is 0 Å². The number of nitrogens with zero attached hydrogens (tertiary/aromatic N) is 2. The van der Waals surface area contributed by atoms with Gasteiger partial charge in [-0.25, -0.2) is 12.7 Å². The van der Waals surface area contributed by atoms with E-state index >= 15 is 0 Å². The largest absolute Gasteiger partial charge is 0.490 e. The molecule has 178 valence electrons. The van der Waals surface area contributed by atoms with Crippen LogP contribution in [0.25, 0.3) is 0 Å². The summed E-state index contributed by atoms with van der Waals surface area (Å²) in [7, 11) is -3.29. The lowest BCUT2D eigenvalue weighted by atomic mass is 10.1. The Hall–Kier alpha value is -2.33. The molecule has 0 radical (unpaired) electrons. The summed E-state index contributed by atoms with van der Waals surface area (Å²) in [5.74, 6) is 0.451. The maximum Gasteiger partial charge on any atom is 0.260 e. The van der Waals surface area contributed by atoms with Crippen molar-refractivity contribution in [2.45, 2.75) is 45.1 Å². The van der Waals surface area contributed by atoms with Crippen molar-refractivity contribution >= 4 is 21.8 Å². The van der Waals surface area contributed by atoms with Gasteiger partial charge < -0.3 is 19.7 Å². The maximum absolute atomic E-state index is 12.8. The molecule has 3 rings (SSSR count). The molecule has 2 aliphatic rings. The third-order valence-electron chi connectivity index (χ3n) is 5.75. The summed E-state index contributed by atoms with van der Waals surface area (Å²) >= 11 is 0. The molecule has 10 heteroatoms. The molecule has 1 aromatic rings. The Balaban J connectivity index is 1.62. The van der Waals surface area contributed by atoms with Gasteiger partial charge in [0, 0.05) is 37.8 Å². The molecular formula is C22H33N3O6S. The van der Waals surface area contributed by atoms with E-state index in [2.05, 4.69) is 5.32 Å². The van der Waals surface area contributed by atoms with Gasteiger partial charge in [0.1, 0.15) is 0 Å². The van der Waals surface area contributed by atoms with Gasteiger partial charge in [0.25, 0.3) is 11.8 Å². The molecule has 1 aromatic carbocycles. The second kappa shape index (κ2) is 11.0. The first-order valence-electron chi connectivity index (χ1n) is 11.2. The highest BCUT2D eigenvalue weighted by atomic mass is 32.2. The van der Waals surface area contributed by atoms with Gasteiger partial charge >= 0.3 is 0 Å². The van der Waals surface area contributed by atoms with Gasteiger partial charge in [-0.05, 0) is 57.2 Å². The summed E-state index contributed by atoms with van der Waals surface area (Å²) in [5.41, 5.74) is 0.389. The average molecular weight is 468 g/mol. The highest BCUT2D eigenvalue weighted by molar-refractivity contribution is 7.88. The summed E-state index contributed by atoms with van der Waals surface area (Å²) in [6.07, 6.45) is 5.78.